The Morgan fingerprint density at radius 3 is 2.27 bits per heavy atom. The lowest BCUT2D eigenvalue weighted by molar-refractivity contribution is -1.02. The summed E-state index contributed by atoms with van der Waals surface area (Å²) in [6.07, 6.45) is 0. The zero-order valence-corrected chi connectivity index (χ0v) is 18.6. The van der Waals surface area contributed by atoms with Crippen molar-refractivity contribution in [1.82, 2.24) is 4.31 Å². The number of nitrogens with zero attached hydrogens (tertiary/aromatic N) is 1. The van der Waals surface area contributed by atoms with E-state index in [0.29, 0.717) is 31.2 Å². The molecule has 0 unspecified atom stereocenters. The van der Waals surface area contributed by atoms with E-state index in [-0.39, 0.29) is 0 Å². The van der Waals surface area contributed by atoms with E-state index in [9.17, 15) is 8.42 Å². The summed E-state index contributed by atoms with van der Waals surface area (Å²) in [5, 5.41) is 0. The molecule has 2 aliphatic heterocycles. The smallest absolute Gasteiger partial charge is 0.243 e. The van der Waals surface area contributed by atoms with Crippen molar-refractivity contribution < 1.29 is 23.0 Å². The van der Waals surface area contributed by atoms with Crippen LogP contribution >= 0.6 is 0 Å². The van der Waals surface area contributed by atoms with Crippen LogP contribution in [0, 0.1) is 6.92 Å². The molecule has 0 aromatic heterocycles. The first-order valence-electron chi connectivity index (χ1n) is 10.9. The summed E-state index contributed by atoms with van der Waals surface area (Å²) >= 11 is 0. The lowest BCUT2D eigenvalue weighted by Crippen LogP contribution is -3.27. The minimum absolute atomic E-state index is 0.408. The van der Waals surface area contributed by atoms with E-state index in [2.05, 4.69) is 37.3 Å². The predicted molar refractivity (Wildman–Crippen MR) is 116 cm³/mol. The molecule has 7 heteroatoms. The molecule has 4 rings (SSSR count). The number of piperazine rings is 1. The van der Waals surface area contributed by atoms with Gasteiger partial charge in [-0.3, -0.25) is 0 Å². The Bertz CT molecular complexity index is 950. The van der Waals surface area contributed by atoms with Gasteiger partial charge in [0, 0.05) is 24.2 Å². The average molecular weight is 432 g/mol. The Kier molecular flexibility index (Phi) is 6.85. The van der Waals surface area contributed by atoms with E-state index < -0.39 is 10.0 Å². The molecule has 2 aliphatic rings. The van der Waals surface area contributed by atoms with Gasteiger partial charge in [0.05, 0.1) is 18.1 Å². The number of quaternary nitrogens is 2. The van der Waals surface area contributed by atoms with Crippen molar-refractivity contribution in [2.45, 2.75) is 24.9 Å². The van der Waals surface area contributed by atoms with Crippen LogP contribution in [0.5, 0.6) is 0 Å². The van der Waals surface area contributed by atoms with Crippen LogP contribution in [0.25, 0.3) is 0 Å². The van der Waals surface area contributed by atoms with Gasteiger partial charge in [0.2, 0.25) is 10.0 Å². The highest BCUT2D eigenvalue weighted by Crippen LogP contribution is 2.18. The zero-order valence-electron chi connectivity index (χ0n) is 17.8. The molecule has 6 nitrogen and oxygen atoms in total. The molecule has 30 heavy (non-hydrogen) atoms. The van der Waals surface area contributed by atoms with Gasteiger partial charge in [0.25, 0.3) is 0 Å². The molecule has 2 aromatic carbocycles. The molecule has 2 saturated heterocycles. The third-order valence-electron chi connectivity index (χ3n) is 6.33. The maximum absolute atomic E-state index is 12.9. The molecule has 0 atom stereocenters. The molecule has 0 aliphatic carbocycles. The first kappa shape index (κ1) is 21.5. The van der Waals surface area contributed by atoms with Gasteiger partial charge < -0.3 is 14.5 Å². The summed E-state index contributed by atoms with van der Waals surface area (Å²) in [7, 11) is -3.43. The first-order chi connectivity index (χ1) is 14.5. The molecule has 2 N–H and O–H groups in total. The number of morpholine rings is 1. The monoisotopic (exact) mass is 431 g/mol. The quantitative estimate of drug-likeness (QED) is 0.649. The van der Waals surface area contributed by atoms with E-state index >= 15 is 0 Å². The van der Waals surface area contributed by atoms with Gasteiger partial charge in [-0.2, -0.15) is 4.31 Å². The van der Waals surface area contributed by atoms with Gasteiger partial charge >= 0.3 is 0 Å². The third-order valence-corrected chi connectivity index (χ3v) is 8.22. The molecule has 0 bridgehead atoms. The van der Waals surface area contributed by atoms with Crippen LogP contribution in [0.3, 0.4) is 0 Å². The van der Waals surface area contributed by atoms with E-state index in [1.807, 2.05) is 12.1 Å². The molecule has 2 heterocycles. The zero-order chi connectivity index (χ0) is 21.0. The summed E-state index contributed by atoms with van der Waals surface area (Å²) in [4.78, 5) is 3.58. The van der Waals surface area contributed by atoms with Crippen molar-refractivity contribution in [3.63, 3.8) is 0 Å². The molecule has 2 aromatic rings. The Labute approximate surface area is 180 Å². The Balaban J connectivity index is 1.34. The van der Waals surface area contributed by atoms with Crippen LogP contribution in [0.1, 0.15) is 16.7 Å². The van der Waals surface area contributed by atoms with E-state index in [1.54, 1.807) is 11.0 Å². The van der Waals surface area contributed by atoms with Crippen molar-refractivity contribution in [2.24, 2.45) is 0 Å². The summed E-state index contributed by atoms with van der Waals surface area (Å²) in [6, 6.07) is 16.2. The Hall–Kier alpha value is -1.77. The molecule has 0 amide bonds. The van der Waals surface area contributed by atoms with E-state index in [4.69, 9.17) is 4.74 Å². The lowest BCUT2D eigenvalue weighted by atomic mass is 10.1. The van der Waals surface area contributed by atoms with E-state index in [1.165, 1.54) is 20.3 Å². The Morgan fingerprint density at radius 1 is 0.900 bits per heavy atom. The van der Waals surface area contributed by atoms with Crippen LogP contribution in [-0.2, 0) is 27.8 Å². The number of rotatable bonds is 6. The van der Waals surface area contributed by atoms with Crippen molar-refractivity contribution in [3.8, 4) is 0 Å². The second-order valence-corrected chi connectivity index (χ2v) is 10.4. The SMILES string of the molecule is Cc1ccccc1C[NH+]1CC[NH+](Cc2cccc(S(=O)(=O)N3CCOCC3)c2)CC1. The molecular weight excluding hydrogens is 398 g/mol. The number of hydrogen-bond acceptors (Lipinski definition) is 3. The molecule has 162 valence electrons. The summed E-state index contributed by atoms with van der Waals surface area (Å²) in [5.74, 6) is 0. The van der Waals surface area contributed by atoms with Gasteiger partial charge in [-0.05, 0) is 24.6 Å². The van der Waals surface area contributed by atoms with Crippen LogP contribution in [0.4, 0.5) is 0 Å². The topological polar surface area (TPSA) is 55.5 Å². The van der Waals surface area contributed by atoms with Crippen LogP contribution in [0.2, 0.25) is 0 Å². The fourth-order valence-corrected chi connectivity index (χ4v) is 5.91. The fraction of sp³-hybridized carbons (Fsp3) is 0.478. The maximum atomic E-state index is 12.9. The standard InChI is InChI=1S/C23H31N3O3S/c1-20-5-2-3-7-22(20)19-25-11-9-24(10-12-25)18-21-6-4-8-23(17-21)30(27,28)26-13-15-29-16-14-26/h2-8,17H,9-16,18-19H2,1H3/p+2. The lowest BCUT2D eigenvalue weighted by Gasteiger charge is -2.30. The largest absolute Gasteiger partial charge is 0.379 e. The Morgan fingerprint density at radius 2 is 1.57 bits per heavy atom. The van der Waals surface area contributed by atoms with Gasteiger partial charge in [-0.15, -0.1) is 0 Å². The summed E-state index contributed by atoms with van der Waals surface area (Å²) in [6.45, 7) is 10.5. The highest BCUT2D eigenvalue weighted by molar-refractivity contribution is 7.89. The third kappa shape index (κ3) is 5.10. The second-order valence-electron chi connectivity index (χ2n) is 8.44. The highest BCUT2D eigenvalue weighted by atomic mass is 32.2. The van der Waals surface area contributed by atoms with Crippen molar-refractivity contribution in [3.05, 3.63) is 65.2 Å². The molecule has 0 radical (unpaired) electrons. The van der Waals surface area contributed by atoms with Crippen LogP contribution in [-0.4, -0.2) is 65.2 Å². The number of aryl methyl sites for hydroxylation is 1. The van der Waals surface area contributed by atoms with Crippen molar-refractivity contribution in [1.29, 1.82) is 0 Å². The van der Waals surface area contributed by atoms with Crippen LogP contribution in [0.15, 0.2) is 53.4 Å². The first-order valence-corrected chi connectivity index (χ1v) is 12.3. The minimum atomic E-state index is -3.43. The number of hydrogen-bond donors (Lipinski definition) is 2. The second kappa shape index (κ2) is 9.58. The van der Waals surface area contributed by atoms with E-state index in [0.717, 1.165) is 44.8 Å². The predicted octanol–water partition coefficient (Wildman–Crippen LogP) is -0.500. The van der Waals surface area contributed by atoms with Crippen molar-refractivity contribution >= 4 is 10.0 Å². The van der Waals surface area contributed by atoms with Crippen LogP contribution < -0.4 is 9.80 Å². The molecule has 0 spiro atoms. The minimum Gasteiger partial charge on any atom is -0.379 e. The average Bonchev–Trinajstić information content (AvgIpc) is 2.77. The normalized spacial score (nSPS) is 23.4. The molecule has 2 fully saturated rings. The van der Waals surface area contributed by atoms with Gasteiger partial charge in [-0.1, -0.05) is 36.4 Å². The maximum Gasteiger partial charge on any atom is 0.243 e. The highest BCUT2D eigenvalue weighted by Gasteiger charge is 2.27. The number of sulfonamides is 1. The summed E-state index contributed by atoms with van der Waals surface area (Å²) < 4.78 is 32.7. The number of nitrogens with one attached hydrogen (secondary N) is 2. The molecule has 0 saturated carbocycles. The van der Waals surface area contributed by atoms with Crippen molar-refractivity contribution in [2.75, 3.05) is 52.5 Å². The van der Waals surface area contributed by atoms with Gasteiger partial charge in [0.1, 0.15) is 39.3 Å². The number of ether oxygens (including phenoxy) is 1. The molecular formula is C23H33N3O3S+2. The summed E-state index contributed by atoms with van der Waals surface area (Å²) in [5.41, 5.74) is 3.91. The van der Waals surface area contributed by atoms with Gasteiger partial charge in [0.15, 0.2) is 0 Å². The number of benzene rings is 2. The fourth-order valence-electron chi connectivity index (χ4n) is 4.43. The van der Waals surface area contributed by atoms with Gasteiger partial charge in [-0.25, -0.2) is 8.42 Å².